The highest BCUT2D eigenvalue weighted by Gasteiger charge is 2.57. The monoisotopic (exact) mass is 698 g/mol. The van der Waals surface area contributed by atoms with Gasteiger partial charge in [0, 0.05) is 49.8 Å². The van der Waals surface area contributed by atoms with E-state index in [-0.39, 0.29) is 16.2 Å². The molecule has 262 valence electrons. The Morgan fingerprint density at radius 3 is 1.63 bits per heavy atom. The highest BCUT2D eigenvalue weighted by molar-refractivity contribution is 6.13. The van der Waals surface area contributed by atoms with Crippen LogP contribution in [0.3, 0.4) is 0 Å². The van der Waals surface area contributed by atoms with Crippen molar-refractivity contribution in [2.45, 2.75) is 52.4 Å². The average Bonchev–Trinajstić information content (AvgIpc) is 3.85. The van der Waals surface area contributed by atoms with E-state index in [1.165, 1.54) is 71.6 Å². The maximum atomic E-state index is 6.33. The van der Waals surface area contributed by atoms with Gasteiger partial charge in [0.2, 0.25) is 0 Å². The Kier molecular flexibility index (Phi) is 6.14. The van der Waals surface area contributed by atoms with Crippen molar-refractivity contribution in [1.82, 2.24) is 9.13 Å². The van der Waals surface area contributed by atoms with E-state index < -0.39 is 0 Å². The Hall–Kier alpha value is -6.06. The van der Waals surface area contributed by atoms with Crippen LogP contribution in [0.4, 0.5) is 0 Å². The number of benzene rings is 7. The fraction of sp³-hybridized carbons (Fsp3) is 0.176. The Morgan fingerprint density at radius 1 is 0.370 bits per heavy atom. The molecule has 10 aromatic rings. The topological polar surface area (TPSA) is 23.0 Å². The molecule has 3 nitrogen and oxygen atoms in total. The van der Waals surface area contributed by atoms with Gasteiger partial charge in [0.05, 0.1) is 22.1 Å². The molecule has 0 fully saturated rings. The summed E-state index contributed by atoms with van der Waals surface area (Å²) >= 11 is 0. The normalized spacial score (nSPS) is 16.0. The molecule has 0 amide bonds. The molecule has 3 heteroatoms. The summed E-state index contributed by atoms with van der Waals surface area (Å²) in [6, 6.07) is 53.6. The SMILES string of the molecule is CC1(C)c2cc3c4cc(-c5ccc6c(c5)c5ccccc5n6-c5ccc6c(c5)oc5ccccc56)ccc4n(-c4ccccc4)c3cc2C(C)(C)C1(C)C. The van der Waals surface area contributed by atoms with Crippen LogP contribution in [0.25, 0.3) is 88.1 Å². The van der Waals surface area contributed by atoms with Gasteiger partial charge in [-0.1, -0.05) is 108 Å². The lowest BCUT2D eigenvalue weighted by Gasteiger charge is -2.44. The Bertz CT molecular complexity index is 3180. The van der Waals surface area contributed by atoms with Crippen molar-refractivity contribution in [1.29, 1.82) is 0 Å². The zero-order chi connectivity index (χ0) is 36.7. The number of rotatable bonds is 3. The minimum absolute atomic E-state index is 0.0208. The molecule has 0 atom stereocenters. The minimum atomic E-state index is 0.0208. The molecule has 0 N–H and O–H groups in total. The number of hydrogen-bond donors (Lipinski definition) is 0. The van der Waals surface area contributed by atoms with E-state index in [1.54, 1.807) is 0 Å². The molecule has 1 aliphatic rings. The Balaban J connectivity index is 1.12. The van der Waals surface area contributed by atoms with Gasteiger partial charge in [0.25, 0.3) is 0 Å². The van der Waals surface area contributed by atoms with Crippen LogP contribution in [-0.2, 0) is 10.8 Å². The van der Waals surface area contributed by atoms with Gasteiger partial charge in [-0.2, -0.15) is 0 Å². The third-order valence-electron chi connectivity index (χ3n) is 14.0. The highest BCUT2D eigenvalue weighted by atomic mass is 16.3. The molecule has 0 radical (unpaired) electrons. The molecule has 0 saturated carbocycles. The first-order valence-corrected chi connectivity index (χ1v) is 19.2. The second-order valence-electron chi connectivity index (χ2n) is 17.1. The molecule has 0 saturated heterocycles. The lowest BCUT2D eigenvalue weighted by Crippen LogP contribution is -2.42. The number of para-hydroxylation sites is 3. The van der Waals surface area contributed by atoms with Crippen molar-refractivity contribution in [2.24, 2.45) is 5.41 Å². The Labute approximate surface area is 315 Å². The first-order valence-electron chi connectivity index (χ1n) is 19.2. The van der Waals surface area contributed by atoms with Crippen LogP contribution in [0.1, 0.15) is 52.7 Å². The summed E-state index contributed by atoms with van der Waals surface area (Å²) in [4.78, 5) is 0. The fourth-order valence-electron chi connectivity index (χ4n) is 9.87. The van der Waals surface area contributed by atoms with Gasteiger partial charge in [-0.05, 0) is 111 Å². The smallest absolute Gasteiger partial charge is 0.137 e. The van der Waals surface area contributed by atoms with Crippen LogP contribution in [0.5, 0.6) is 0 Å². The van der Waals surface area contributed by atoms with Gasteiger partial charge in [-0.25, -0.2) is 0 Å². The zero-order valence-corrected chi connectivity index (χ0v) is 31.7. The number of nitrogens with zero attached hydrogens (tertiary/aromatic N) is 2. The first kappa shape index (κ1) is 31.5. The molecule has 0 unspecified atom stereocenters. The summed E-state index contributed by atoms with van der Waals surface area (Å²) in [6.07, 6.45) is 0. The maximum absolute atomic E-state index is 6.33. The molecule has 0 spiro atoms. The molecule has 54 heavy (non-hydrogen) atoms. The number of aromatic nitrogens is 2. The molecular formula is C51H42N2O. The molecule has 7 aromatic carbocycles. The highest BCUT2D eigenvalue weighted by Crippen LogP contribution is 2.62. The van der Waals surface area contributed by atoms with Crippen molar-refractivity contribution >= 4 is 65.6 Å². The van der Waals surface area contributed by atoms with Gasteiger partial charge >= 0.3 is 0 Å². The van der Waals surface area contributed by atoms with Gasteiger partial charge in [0.15, 0.2) is 0 Å². The predicted molar refractivity (Wildman–Crippen MR) is 228 cm³/mol. The minimum Gasteiger partial charge on any atom is -0.456 e. The Morgan fingerprint density at radius 2 is 0.907 bits per heavy atom. The number of fused-ring (bicyclic) bond motifs is 10. The molecule has 3 aromatic heterocycles. The van der Waals surface area contributed by atoms with E-state index in [1.807, 2.05) is 12.1 Å². The number of furan rings is 1. The van der Waals surface area contributed by atoms with E-state index >= 15 is 0 Å². The van der Waals surface area contributed by atoms with Gasteiger partial charge < -0.3 is 13.6 Å². The van der Waals surface area contributed by atoms with Crippen LogP contribution in [0, 0.1) is 5.41 Å². The van der Waals surface area contributed by atoms with E-state index in [2.05, 4.69) is 184 Å². The summed E-state index contributed by atoms with van der Waals surface area (Å²) in [7, 11) is 0. The third kappa shape index (κ3) is 3.97. The van der Waals surface area contributed by atoms with Crippen molar-refractivity contribution in [3.63, 3.8) is 0 Å². The quantitative estimate of drug-likeness (QED) is 0.180. The van der Waals surface area contributed by atoms with Crippen molar-refractivity contribution < 1.29 is 4.42 Å². The number of hydrogen-bond acceptors (Lipinski definition) is 1. The standard InChI is InChI=1S/C51H42N2O/c1-49(2)41-29-40-39-27-32(21-25-45(39)52(33-14-8-7-9-15-33)46(40)30-42(41)50(3,4)51(49,5)6)31-20-24-44-38(26-31)35-16-10-12-18-43(35)53(44)34-22-23-37-36-17-11-13-19-47(36)54-48(37)28-34/h7-30H,1-6H3. The average molecular weight is 699 g/mol. The second-order valence-corrected chi connectivity index (χ2v) is 17.1. The lowest BCUT2D eigenvalue weighted by molar-refractivity contribution is 0.125. The zero-order valence-electron chi connectivity index (χ0n) is 31.7. The lowest BCUT2D eigenvalue weighted by atomic mass is 9.59. The fourth-order valence-corrected chi connectivity index (χ4v) is 9.87. The summed E-state index contributed by atoms with van der Waals surface area (Å²) in [5.41, 5.74) is 14.5. The van der Waals surface area contributed by atoms with E-state index in [4.69, 9.17) is 4.42 Å². The van der Waals surface area contributed by atoms with E-state index in [0.717, 1.165) is 27.6 Å². The van der Waals surface area contributed by atoms with Crippen LogP contribution in [0.2, 0.25) is 0 Å². The molecule has 1 aliphatic carbocycles. The largest absolute Gasteiger partial charge is 0.456 e. The van der Waals surface area contributed by atoms with Gasteiger partial charge in [-0.15, -0.1) is 0 Å². The van der Waals surface area contributed by atoms with Crippen LogP contribution in [-0.4, -0.2) is 9.13 Å². The van der Waals surface area contributed by atoms with Crippen molar-refractivity contribution in [3.8, 4) is 22.5 Å². The maximum Gasteiger partial charge on any atom is 0.137 e. The van der Waals surface area contributed by atoms with E-state index in [9.17, 15) is 0 Å². The van der Waals surface area contributed by atoms with Crippen LogP contribution in [0.15, 0.2) is 150 Å². The summed E-state index contributed by atoms with van der Waals surface area (Å²) in [5.74, 6) is 0. The molecule has 0 aliphatic heterocycles. The molecular weight excluding hydrogens is 657 g/mol. The summed E-state index contributed by atoms with van der Waals surface area (Å²) in [6.45, 7) is 14.6. The van der Waals surface area contributed by atoms with Gasteiger partial charge in [0.1, 0.15) is 11.2 Å². The molecule has 0 bridgehead atoms. The van der Waals surface area contributed by atoms with Crippen LogP contribution >= 0.6 is 0 Å². The van der Waals surface area contributed by atoms with E-state index in [0.29, 0.717) is 0 Å². The molecule has 3 heterocycles. The third-order valence-corrected chi connectivity index (χ3v) is 14.0. The van der Waals surface area contributed by atoms with Crippen molar-refractivity contribution in [2.75, 3.05) is 0 Å². The molecule has 11 rings (SSSR count). The predicted octanol–water partition coefficient (Wildman–Crippen LogP) is 14.0. The van der Waals surface area contributed by atoms with Crippen molar-refractivity contribution in [3.05, 3.63) is 157 Å². The second kappa shape index (κ2) is 10.5. The summed E-state index contributed by atoms with van der Waals surface area (Å²) < 4.78 is 11.2. The van der Waals surface area contributed by atoms with Gasteiger partial charge in [-0.3, -0.25) is 0 Å². The van der Waals surface area contributed by atoms with Crippen LogP contribution < -0.4 is 0 Å². The summed E-state index contributed by atoms with van der Waals surface area (Å²) in [5, 5.41) is 7.37. The first-order chi connectivity index (χ1) is 26.0.